The van der Waals surface area contributed by atoms with E-state index < -0.39 is 8.25 Å². The molecule has 0 radical (unpaired) electrons. The van der Waals surface area contributed by atoms with E-state index in [9.17, 15) is 4.57 Å². The van der Waals surface area contributed by atoms with E-state index in [1.807, 2.05) is 0 Å². The van der Waals surface area contributed by atoms with Crippen molar-refractivity contribution in [3.8, 4) is 0 Å². The molecule has 0 aliphatic rings. The lowest BCUT2D eigenvalue weighted by molar-refractivity contribution is -0.0153. The quantitative estimate of drug-likeness (QED) is 0.186. The van der Waals surface area contributed by atoms with Crippen LogP contribution in [0.2, 0.25) is 0 Å². The van der Waals surface area contributed by atoms with Crippen LogP contribution in [0, 0.1) is 0 Å². The van der Waals surface area contributed by atoms with E-state index in [4.69, 9.17) is 5.53 Å². The zero-order valence-corrected chi connectivity index (χ0v) is 5.04. The predicted octanol–water partition coefficient (Wildman–Crippen LogP) is 0.565. The van der Waals surface area contributed by atoms with E-state index in [2.05, 4.69) is 13.8 Å². The molecular weight excluding hydrogens is 131 g/mol. The van der Waals surface area contributed by atoms with Crippen molar-refractivity contribution in [3.05, 3.63) is 5.53 Å². The topological polar surface area (TPSA) is 71.9 Å². The van der Waals surface area contributed by atoms with Gasteiger partial charge in [-0.1, -0.05) is 0 Å². The van der Waals surface area contributed by atoms with E-state index in [1.165, 1.54) is 7.11 Å². The molecule has 0 bridgehead atoms. The normalized spacial score (nSPS) is 9.38. The Bertz CT molecular complexity index is 129. The number of hydrogen-bond donors (Lipinski definition) is 0. The molecule has 0 aromatic rings. The predicted molar refractivity (Wildman–Crippen MR) is 25.4 cm³/mol. The molecule has 0 spiro atoms. The lowest BCUT2D eigenvalue weighted by atomic mass is 11.6. The Hall–Kier alpha value is -0.760. The fraction of sp³-hybridized carbons (Fsp3) is 0.500. The minimum Gasteiger partial charge on any atom is -0.357 e. The molecule has 0 aliphatic heterocycles. The zero-order chi connectivity index (χ0) is 6.41. The van der Waals surface area contributed by atoms with Crippen LogP contribution >= 0.6 is 8.25 Å². The van der Waals surface area contributed by atoms with Crippen LogP contribution in [-0.2, 0) is 13.6 Å². The van der Waals surface area contributed by atoms with Crippen molar-refractivity contribution >= 4 is 14.7 Å². The number of hydrogen-bond acceptors (Lipinski definition) is 3. The average molecular weight is 135 g/mol. The fourth-order valence-electron chi connectivity index (χ4n) is 0.103. The molecule has 0 aromatic heterocycles. The lowest BCUT2D eigenvalue weighted by Gasteiger charge is -1.66. The summed E-state index contributed by atoms with van der Waals surface area (Å²) in [6.07, 6.45) is 0.627. The largest absolute Gasteiger partial charge is 0.756 e. The van der Waals surface area contributed by atoms with Gasteiger partial charge in [0, 0.05) is 4.57 Å². The molecule has 0 aromatic carbocycles. The van der Waals surface area contributed by atoms with Gasteiger partial charge in [-0.3, -0.25) is 0 Å². The van der Waals surface area contributed by atoms with Crippen LogP contribution in [0.25, 0.3) is 5.53 Å². The molecular formula is C2H4N2O3P+. The number of rotatable bonds is 3. The Morgan fingerprint density at radius 2 is 2.50 bits per heavy atom. The third-order valence-electron chi connectivity index (χ3n) is 0.329. The maximum atomic E-state index is 10.1. The van der Waals surface area contributed by atoms with Crippen molar-refractivity contribution in [3.63, 3.8) is 0 Å². The van der Waals surface area contributed by atoms with Gasteiger partial charge >= 0.3 is 14.7 Å². The second-order valence-corrected chi connectivity index (χ2v) is 1.76. The smallest absolute Gasteiger partial charge is 0.357 e. The van der Waals surface area contributed by atoms with Gasteiger partial charge in [0.25, 0.3) is 0 Å². The van der Waals surface area contributed by atoms with Crippen LogP contribution in [0.15, 0.2) is 0 Å². The molecule has 0 saturated carbocycles. The van der Waals surface area contributed by atoms with Crippen LogP contribution in [0.4, 0.5) is 0 Å². The van der Waals surface area contributed by atoms with E-state index in [-0.39, 0.29) is 0 Å². The minimum atomic E-state index is -2.14. The van der Waals surface area contributed by atoms with Crippen molar-refractivity contribution < 1.29 is 18.4 Å². The van der Waals surface area contributed by atoms with E-state index >= 15 is 0 Å². The van der Waals surface area contributed by atoms with Gasteiger partial charge in [-0.05, 0) is 0 Å². The van der Waals surface area contributed by atoms with Crippen molar-refractivity contribution in [2.24, 2.45) is 0 Å². The van der Waals surface area contributed by atoms with Crippen molar-refractivity contribution in [2.45, 2.75) is 0 Å². The van der Waals surface area contributed by atoms with Crippen LogP contribution in [-0.4, -0.2) is 18.3 Å². The summed E-state index contributed by atoms with van der Waals surface area (Å²) >= 11 is 0. The highest BCUT2D eigenvalue weighted by molar-refractivity contribution is 7.33. The van der Waals surface area contributed by atoms with Gasteiger partial charge in [-0.2, -0.15) is 0 Å². The van der Waals surface area contributed by atoms with Crippen LogP contribution < -0.4 is 0 Å². The molecule has 44 valence electrons. The molecule has 0 rings (SSSR count). The maximum Gasteiger partial charge on any atom is 0.756 e. The van der Waals surface area contributed by atoms with Gasteiger partial charge in [0.2, 0.25) is 0 Å². The van der Waals surface area contributed by atoms with Crippen LogP contribution in [0.5, 0.6) is 0 Å². The molecule has 0 saturated heterocycles. The third kappa shape index (κ3) is 3.43. The first-order valence-corrected chi connectivity index (χ1v) is 2.75. The summed E-state index contributed by atoms with van der Waals surface area (Å²) in [5.41, 5.74) is 7.67. The molecule has 6 heteroatoms. The molecule has 0 fully saturated rings. The lowest BCUT2D eigenvalue weighted by Crippen LogP contribution is -1.76. The Kier molecular flexibility index (Phi) is 3.98. The zero-order valence-electron chi connectivity index (χ0n) is 4.14. The SMILES string of the molecule is CO[P+](=O)OC=[N+]=[N-]. The Labute approximate surface area is 46.8 Å². The summed E-state index contributed by atoms with van der Waals surface area (Å²) in [6, 6.07) is 0. The van der Waals surface area contributed by atoms with E-state index in [0.717, 1.165) is 0 Å². The van der Waals surface area contributed by atoms with Crippen molar-refractivity contribution in [1.29, 1.82) is 0 Å². The van der Waals surface area contributed by atoms with Gasteiger partial charge in [0.15, 0.2) is 0 Å². The van der Waals surface area contributed by atoms with Crippen LogP contribution in [0.1, 0.15) is 0 Å². The van der Waals surface area contributed by atoms with Crippen molar-refractivity contribution in [2.75, 3.05) is 7.11 Å². The maximum absolute atomic E-state index is 10.1. The van der Waals surface area contributed by atoms with Gasteiger partial charge in [0.05, 0.1) is 7.11 Å². The first kappa shape index (κ1) is 7.24. The summed E-state index contributed by atoms with van der Waals surface area (Å²) < 4.78 is 18.3. The Morgan fingerprint density at radius 1 is 1.88 bits per heavy atom. The highest BCUT2D eigenvalue weighted by atomic mass is 31.1. The van der Waals surface area contributed by atoms with E-state index in [1.54, 1.807) is 0 Å². The fourth-order valence-corrected chi connectivity index (χ4v) is 0.308. The minimum absolute atomic E-state index is 0.627. The Morgan fingerprint density at radius 3 is 2.88 bits per heavy atom. The van der Waals surface area contributed by atoms with Crippen molar-refractivity contribution in [1.82, 2.24) is 0 Å². The highest BCUT2D eigenvalue weighted by Gasteiger charge is 2.17. The second kappa shape index (κ2) is 4.40. The van der Waals surface area contributed by atoms with Gasteiger partial charge in [-0.15, -0.1) is 13.8 Å². The van der Waals surface area contributed by atoms with Crippen LogP contribution in [0.3, 0.4) is 0 Å². The van der Waals surface area contributed by atoms with Gasteiger partial charge < -0.3 is 5.53 Å². The molecule has 1 atom stereocenters. The van der Waals surface area contributed by atoms with Gasteiger partial charge in [0.1, 0.15) is 0 Å². The summed E-state index contributed by atoms with van der Waals surface area (Å²) in [5.74, 6) is 0. The first-order valence-electron chi connectivity index (χ1n) is 1.65. The molecule has 0 amide bonds. The standard InChI is InChI=1S/C2H4N2O3P/c1-6-8(5)7-2-4-3/h2H,1H3/q+1. The Balaban J connectivity index is 3.39. The monoisotopic (exact) mass is 135 g/mol. The summed E-state index contributed by atoms with van der Waals surface area (Å²) in [5, 5.41) is 0. The average Bonchev–Trinajstić information content (AvgIpc) is 1.83. The molecule has 5 nitrogen and oxygen atoms in total. The van der Waals surface area contributed by atoms with E-state index in [0.29, 0.717) is 6.40 Å². The van der Waals surface area contributed by atoms with Gasteiger partial charge in [-0.25, -0.2) is 0 Å². The summed E-state index contributed by atoms with van der Waals surface area (Å²) in [6.45, 7) is 0. The first-order chi connectivity index (χ1) is 3.81. The second-order valence-electron chi connectivity index (χ2n) is 0.732. The summed E-state index contributed by atoms with van der Waals surface area (Å²) in [4.78, 5) is 2.41. The highest BCUT2D eigenvalue weighted by Crippen LogP contribution is 2.18. The number of nitrogens with zero attached hydrogens (tertiary/aromatic N) is 2. The third-order valence-corrected chi connectivity index (χ3v) is 0.894. The summed E-state index contributed by atoms with van der Waals surface area (Å²) in [7, 11) is -0.931. The molecule has 0 heterocycles. The molecule has 1 unspecified atom stereocenters. The molecule has 0 aliphatic carbocycles. The molecule has 0 N–H and O–H groups in total. The molecule has 8 heavy (non-hydrogen) atoms.